The van der Waals surface area contributed by atoms with Crippen LogP contribution in [0.3, 0.4) is 0 Å². The molecule has 9 heteroatoms. The van der Waals surface area contributed by atoms with Crippen molar-refractivity contribution in [2.24, 2.45) is 5.92 Å². The maximum atomic E-state index is 12.2. The first-order valence-electron chi connectivity index (χ1n) is 8.82. The molecule has 0 aliphatic carbocycles. The number of rotatable bonds is 6. The number of urea groups is 1. The molecule has 2 fully saturated rings. The van der Waals surface area contributed by atoms with Crippen LogP contribution < -0.4 is 10.6 Å². The first-order valence-corrected chi connectivity index (χ1v) is 8.82. The van der Waals surface area contributed by atoms with Crippen molar-refractivity contribution in [1.29, 1.82) is 0 Å². The summed E-state index contributed by atoms with van der Waals surface area (Å²) in [6, 6.07) is 5.71. The van der Waals surface area contributed by atoms with Crippen LogP contribution in [-0.2, 0) is 9.47 Å². The number of morpholine rings is 1. The predicted molar refractivity (Wildman–Crippen MR) is 95.2 cm³/mol. The Bertz CT molecular complexity index is 629. The third kappa shape index (κ3) is 4.90. The van der Waals surface area contributed by atoms with E-state index in [0.29, 0.717) is 38.0 Å². The van der Waals surface area contributed by atoms with Crippen molar-refractivity contribution >= 4 is 17.4 Å². The molecule has 9 nitrogen and oxygen atoms in total. The number of nitro groups is 1. The van der Waals surface area contributed by atoms with Gasteiger partial charge in [-0.15, -0.1) is 0 Å². The Kier molecular flexibility index (Phi) is 6.37. The van der Waals surface area contributed by atoms with Crippen molar-refractivity contribution in [2.45, 2.75) is 12.5 Å². The van der Waals surface area contributed by atoms with Crippen LogP contribution in [0.2, 0.25) is 0 Å². The summed E-state index contributed by atoms with van der Waals surface area (Å²) in [4.78, 5) is 24.9. The quantitative estimate of drug-likeness (QED) is 0.585. The Morgan fingerprint density at radius 1 is 1.31 bits per heavy atom. The number of carbonyl (C=O) groups is 1. The molecule has 0 unspecified atom stereocenters. The van der Waals surface area contributed by atoms with E-state index in [1.165, 1.54) is 12.1 Å². The maximum absolute atomic E-state index is 12.2. The fourth-order valence-corrected chi connectivity index (χ4v) is 3.43. The second-order valence-corrected chi connectivity index (χ2v) is 6.48. The average Bonchev–Trinajstić information content (AvgIpc) is 3.17. The van der Waals surface area contributed by atoms with Gasteiger partial charge in [-0.2, -0.15) is 0 Å². The molecule has 142 valence electrons. The number of hydrogen-bond acceptors (Lipinski definition) is 6. The summed E-state index contributed by atoms with van der Waals surface area (Å²) in [5, 5.41) is 16.4. The highest BCUT2D eigenvalue weighted by molar-refractivity contribution is 5.89. The summed E-state index contributed by atoms with van der Waals surface area (Å²) < 4.78 is 10.9. The Balaban J connectivity index is 1.56. The highest BCUT2D eigenvalue weighted by Gasteiger charge is 2.31. The second kappa shape index (κ2) is 8.93. The van der Waals surface area contributed by atoms with Crippen LogP contribution in [0.15, 0.2) is 24.3 Å². The number of nitrogens with one attached hydrogen (secondary N) is 2. The van der Waals surface area contributed by atoms with Crippen LogP contribution in [0.4, 0.5) is 16.2 Å². The molecular formula is C17H24N4O5. The minimum absolute atomic E-state index is 0.0582. The van der Waals surface area contributed by atoms with E-state index in [4.69, 9.17) is 9.47 Å². The van der Waals surface area contributed by atoms with Gasteiger partial charge in [-0.05, 0) is 12.5 Å². The molecule has 2 saturated heterocycles. The Morgan fingerprint density at radius 3 is 2.81 bits per heavy atom. The summed E-state index contributed by atoms with van der Waals surface area (Å²) in [7, 11) is 0. The zero-order chi connectivity index (χ0) is 18.4. The van der Waals surface area contributed by atoms with Gasteiger partial charge in [0.25, 0.3) is 5.69 Å². The molecule has 2 heterocycles. The number of hydrogen-bond donors (Lipinski definition) is 2. The molecule has 3 rings (SSSR count). The lowest BCUT2D eigenvalue weighted by molar-refractivity contribution is -0.384. The van der Waals surface area contributed by atoms with Crippen molar-refractivity contribution in [3.63, 3.8) is 0 Å². The van der Waals surface area contributed by atoms with E-state index in [2.05, 4.69) is 15.5 Å². The number of amides is 2. The first kappa shape index (κ1) is 18.6. The molecule has 2 aliphatic rings. The van der Waals surface area contributed by atoms with E-state index >= 15 is 0 Å². The van der Waals surface area contributed by atoms with Gasteiger partial charge in [0, 0.05) is 56.0 Å². The van der Waals surface area contributed by atoms with Crippen molar-refractivity contribution in [3.05, 3.63) is 34.4 Å². The fraction of sp³-hybridized carbons (Fsp3) is 0.588. The van der Waals surface area contributed by atoms with Crippen molar-refractivity contribution < 1.29 is 19.2 Å². The van der Waals surface area contributed by atoms with Crippen LogP contribution in [0, 0.1) is 16.0 Å². The maximum Gasteiger partial charge on any atom is 0.319 e. The normalized spacial score (nSPS) is 21.9. The topological polar surface area (TPSA) is 106 Å². The van der Waals surface area contributed by atoms with E-state index < -0.39 is 4.92 Å². The molecule has 2 atom stereocenters. The SMILES string of the molecule is O=C(NC[C@@H]([C@@H]1CCOC1)N1CCOCC1)Nc1cccc([N+](=O)[O-])c1. The molecule has 2 aliphatic heterocycles. The summed E-state index contributed by atoms with van der Waals surface area (Å²) in [6.07, 6.45) is 0.982. The molecule has 2 amide bonds. The molecule has 0 saturated carbocycles. The van der Waals surface area contributed by atoms with Crippen LogP contribution in [0.25, 0.3) is 0 Å². The molecule has 0 spiro atoms. The molecular weight excluding hydrogens is 340 g/mol. The van der Waals surface area contributed by atoms with Crippen molar-refractivity contribution in [2.75, 3.05) is 51.4 Å². The van der Waals surface area contributed by atoms with E-state index in [1.54, 1.807) is 12.1 Å². The Labute approximate surface area is 151 Å². The number of nitrogens with zero attached hydrogens (tertiary/aromatic N) is 2. The molecule has 1 aromatic carbocycles. The molecule has 1 aromatic rings. The summed E-state index contributed by atoms with van der Waals surface area (Å²) in [5.74, 6) is 0.381. The predicted octanol–water partition coefficient (Wildman–Crippen LogP) is 1.45. The Hall–Kier alpha value is -2.23. The van der Waals surface area contributed by atoms with Gasteiger partial charge in [-0.1, -0.05) is 6.07 Å². The lowest BCUT2D eigenvalue weighted by atomic mass is 9.97. The summed E-state index contributed by atoms with van der Waals surface area (Å²) in [6.45, 7) is 5.04. The first-order chi connectivity index (χ1) is 12.6. The fourth-order valence-electron chi connectivity index (χ4n) is 3.43. The molecule has 2 N–H and O–H groups in total. The standard InChI is InChI=1S/C17H24N4O5/c22-17(19-14-2-1-3-15(10-14)21(23)24)18-11-16(13-4-7-26-12-13)20-5-8-25-9-6-20/h1-3,10,13,16H,4-9,11-12H2,(H2,18,19,22)/t13-,16+/m1/s1. The summed E-state index contributed by atoms with van der Waals surface area (Å²) in [5.41, 5.74) is 0.334. The zero-order valence-electron chi connectivity index (χ0n) is 14.6. The van der Waals surface area contributed by atoms with Crippen molar-refractivity contribution in [3.8, 4) is 0 Å². The third-order valence-corrected chi connectivity index (χ3v) is 4.81. The van der Waals surface area contributed by atoms with Gasteiger partial charge in [0.2, 0.25) is 0 Å². The largest absolute Gasteiger partial charge is 0.381 e. The van der Waals surface area contributed by atoms with Crippen LogP contribution in [0.5, 0.6) is 0 Å². The number of nitro benzene ring substituents is 1. The number of non-ortho nitro benzene ring substituents is 1. The van der Waals surface area contributed by atoms with E-state index in [-0.39, 0.29) is 17.8 Å². The van der Waals surface area contributed by atoms with Crippen LogP contribution in [0.1, 0.15) is 6.42 Å². The molecule has 0 radical (unpaired) electrons. The van der Waals surface area contributed by atoms with Crippen LogP contribution in [-0.4, -0.2) is 68.0 Å². The lowest BCUT2D eigenvalue weighted by Gasteiger charge is -2.37. The Morgan fingerprint density at radius 2 is 2.12 bits per heavy atom. The smallest absolute Gasteiger partial charge is 0.319 e. The van der Waals surface area contributed by atoms with Gasteiger partial charge >= 0.3 is 6.03 Å². The third-order valence-electron chi connectivity index (χ3n) is 4.81. The van der Waals surface area contributed by atoms with Gasteiger partial charge in [-0.25, -0.2) is 4.79 Å². The van der Waals surface area contributed by atoms with Gasteiger partial charge < -0.3 is 20.1 Å². The number of anilines is 1. The summed E-state index contributed by atoms with van der Waals surface area (Å²) >= 11 is 0. The minimum Gasteiger partial charge on any atom is -0.381 e. The van der Waals surface area contributed by atoms with E-state index in [1.807, 2.05) is 0 Å². The molecule has 0 aromatic heterocycles. The highest BCUT2D eigenvalue weighted by atomic mass is 16.6. The van der Waals surface area contributed by atoms with Crippen molar-refractivity contribution in [1.82, 2.24) is 10.2 Å². The van der Waals surface area contributed by atoms with Gasteiger partial charge in [0.1, 0.15) is 0 Å². The molecule has 26 heavy (non-hydrogen) atoms. The van der Waals surface area contributed by atoms with E-state index in [9.17, 15) is 14.9 Å². The number of ether oxygens (including phenoxy) is 2. The average molecular weight is 364 g/mol. The van der Waals surface area contributed by atoms with Gasteiger partial charge in [0.15, 0.2) is 0 Å². The van der Waals surface area contributed by atoms with Gasteiger partial charge in [0.05, 0.1) is 24.7 Å². The monoisotopic (exact) mass is 364 g/mol. The number of carbonyl (C=O) groups excluding carboxylic acids is 1. The highest BCUT2D eigenvalue weighted by Crippen LogP contribution is 2.22. The van der Waals surface area contributed by atoms with Crippen LogP contribution >= 0.6 is 0 Å². The zero-order valence-corrected chi connectivity index (χ0v) is 14.6. The van der Waals surface area contributed by atoms with E-state index in [0.717, 1.165) is 26.1 Å². The minimum atomic E-state index is -0.488. The lowest BCUT2D eigenvalue weighted by Crippen LogP contribution is -2.52. The second-order valence-electron chi connectivity index (χ2n) is 6.48. The molecule has 0 bridgehead atoms. The number of benzene rings is 1. The van der Waals surface area contributed by atoms with Gasteiger partial charge in [-0.3, -0.25) is 15.0 Å².